The van der Waals surface area contributed by atoms with E-state index < -0.39 is 36.1 Å². The SMILES string of the molecule is CCc1cc([C@H]2O[C@@H](n3cnc4c(Nc5ccc(O)c(F)c5)nc(NCCN5CCCCC5)nc43)[C@H](OC=O)[C@H]2OC=O)on1. The number of hydrogen-bond acceptors (Lipinski definition) is 14. The average Bonchev–Trinajstić information content (AvgIpc) is 3.78. The number of fused-ring (bicyclic) bond motifs is 1. The molecule has 1 aromatic carbocycles. The molecular weight excluding hydrogens is 591 g/mol. The molecule has 0 saturated carbocycles. The van der Waals surface area contributed by atoms with Gasteiger partial charge in [0.2, 0.25) is 5.95 Å². The highest BCUT2D eigenvalue weighted by molar-refractivity contribution is 5.86. The summed E-state index contributed by atoms with van der Waals surface area (Å²) in [4.78, 5) is 39.3. The van der Waals surface area contributed by atoms with E-state index in [2.05, 4.69) is 30.7 Å². The summed E-state index contributed by atoms with van der Waals surface area (Å²) in [7, 11) is 0. The zero-order valence-corrected chi connectivity index (χ0v) is 24.5. The number of imidazole rings is 1. The normalized spacial score (nSPS) is 21.9. The van der Waals surface area contributed by atoms with E-state index in [0.29, 0.717) is 29.9 Å². The van der Waals surface area contributed by atoms with Gasteiger partial charge in [0.15, 0.2) is 58.8 Å². The van der Waals surface area contributed by atoms with Crippen LogP contribution in [0, 0.1) is 5.82 Å². The minimum Gasteiger partial charge on any atom is -0.505 e. The topological polar surface area (TPSA) is 179 Å². The number of aryl methyl sites for hydroxylation is 1. The van der Waals surface area contributed by atoms with Crippen LogP contribution in [0.4, 0.5) is 21.8 Å². The molecule has 2 aliphatic rings. The first-order valence-corrected chi connectivity index (χ1v) is 14.7. The highest BCUT2D eigenvalue weighted by Gasteiger charge is 2.51. The first-order chi connectivity index (χ1) is 22.0. The highest BCUT2D eigenvalue weighted by Crippen LogP contribution is 2.43. The van der Waals surface area contributed by atoms with Crippen LogP contribution in [-0.2, 0) is 30.2 Å². The Morgan fingerprint density at radius 1 is 1.11 bits per heavy atom. The Bertz CT molecular complexity index is 1640. The fourth-order valence-corrected chi connectivity index (χ4v) is 5.64. The van der Waals surface area contributed by atoms with E-state index in [4.69, 9.17) is 23.7 Å². The van der Waals surface area contributed by atoms with Crippen molar-refractivity contribution in [1.82, 2.24) is 29.6 Å². The molecule has 45 heavy (non-hydrogen) atoms. The largest absolute Gasteiger partial charge is 0.505 e. The van der Waals surface area contributed by atoms with Crippen molar-refractivity contribution in [1.29, 1.82) is 0 Å². The molecule has 16 heteroatoms. The molecule has 4 aromatic rings. The third-order valence-electron chi connectivity index (χ3n) is 7.90. The predicted octanol–water partition coefficient (Wildman–Crippen LogP) is 3.22. The maximum absolute atomic E-state index is 14.2. The highest BCUT2D eigenvalue weighted by atomic mass is 19.1. The van der Waals surface area contributed by atoms with Crippen molar-refractivity contribution in [2.75, 3.05) is 36.8 Å². The van der Waals surface area contributed by atoms with E-state index in [1.807, 2.05) is 6.92 Å². The number of rotatable bonds is 13. The second-order valence-electron chi connectivity index (χ2n) is 10.8. The summed E-state index contributed by atoms with van der Waals surface area (Å²) in [6.07, 6.45) is 1.38. The molecule has 5 heterocycles. The van der Waals surface area contributed by atoms with Crippen molar-refractivity contribution >= 4 is 41.6 Å². The van der Waals surface area contributed by atoms with E-state index in [-0.39, 0.29) is 36.1 Å². The van der Waals surface area contributed by atoms with Gasteiger partial charge in [-0.1, -0.05) is 18.5 Å². The standard InChI is InChI=1S/C29H33FN8O7/c1-2-17-13-21(45-36-17)23-24(42-15-39)25(43-16-40)28(44-23)38-14-32-22-26(33-18-6-7-20(41)19(30)12-18)34-29(35-27(22)38)31-8-11-37-9-4-3-5-10-37/h6-7,12-16,23-25,28,41H,2-5,8-11H2,1H3,(H2,31,33,34,35)/t23-,24+,25-,28-/m1/s1. The van der Waals surface area contributed by atoms with Crippen LogP contribution in [0.15, 0.2) is 35.1 Å². The smallest absolute Gasteiger partial charge is 0.293 e. The number of anilines is 3. The summed E-state index contributed by atoms with van der Waals surface area (Å²) < 4.78 is 38.3. The number of nitrogens with one attached hydrogen (secondary N) is 2. The number of phenolic OH excluding ortho intramolecular Hbond substituents is 1. The Balaban J connectivity index is 1.37. The quantitative estimate of drug-likeness (QED) is 0.146. The number of hydrogen-bond donors (Lipinski definition) is 3. The molecule has 0 unspecified atom stereocenters. The van der Waals surface area contributed by atoms with Crippen LogP contribution in [0.3, 0.4) is 0 Å². The molecule has 2 saturated heterocycles. The zero-order valence-electron chi connectivity index (χ0n) is 24.5. The van der Waals surface area contributed by atoms with Gasteiger partial charge in [-0.25, -0.2) is 9.37 Å². The van der Waals surface area contributed by atoms with Crippen LogP contribution < -0.4 is 10.6 Å². The van der Waals surface area contributed by atoms with Gasteiger partial charge < -0.3 is 39.4 Å². The molecule has 238 valence electrons. The summed E-state index contributed by atoms with van der Waals surface area (Å²) in [6.45, 7) is 5.81. The number of piperidine rings is 1. The summed E-state index contributed by atoms with van der Waals surface area (Å²) in [5.41, 5.74) is 1.56. The van der Waals surface area contributed by atoms with Crippen LogP contribution in [0.5, 0.6) is 5.75 Å². The Hall–Kier alpha value is -4.83. The van der Waals surface area contributed by atoms with Crippen molar-refractivity contribution < 1.29 is 37.8 Å². The van der Waals surface area contributed by atoms with Gasteiger partial charge in [-0.15, -0.1) is 0 Å². The lowest BCUT2D eigenvalue weighted by atomic mass is 10.1. The third kappa shape index (κ3) is 6.37. The van der Waals surface area contributed by atoms with Crippen molar-refractivity contribution in [3.63, 3.8) is 0 Å². The molecule has 0 bridgehead atoms. The number of carbonyl (C=O) groups excluding carboxylic acids is 2. The lowest BCUT2D eigenvalue weighted by Gasteiger charge is -2.26. The molecular formula is C29H33FN8O7. The second kappa shape index (κ2) is 13.4. The number of ether oxygens (including phenoxy) is 3. The zero-order chi connectivity index (χ0) is 31.3. The molecule has 6 rings (SSSR count). The van der Waals surface area contributed by atoms with Gasteiger partial charge in [-0.05, 0) is 44.5 Å². The average molecular weight is 625 g/mol. The molecule has 2 fully saturated rings. The molecule has 4 atom stereocenters. The van der Waals surface area contributed by atoms with Gasteiger partial charge >= 0.3 is 0 Å². The van der Waals surface area contributed by atoms with Gasteiger partial charge in [-0.3, -0.25) is 14.2 Å². The van der Waals surface area contributed by atoms with Crippen LogP contribution >= 0.6 is 0 Å². The third-order valence-corrected chi connectivity index (χ3v) is 7.90. The lowest BCUT2D eigenvalue weighted by Crippen LogP contribution is -2.34. The Morgan fingerprint density at radius 3 is 2.64 bits per heavy atom. The number of aromatic nitrogens is 5. The summed E-state index contributed by atoms with van der Waals surface area (Å²) in [5.74, 6) is -0.507. The Morgan fingerprint density at radius 2 is 1.91 bits per heavy atom. The van der Waals surface area contributed by atoms with E-state index in [9.17, 15) is 19.1 Å². The molecule has 15 nitrogen and oxygen atoms in total. The number of phenols is 1. The van der Waals surface area contributed by atoms with Gasteiger partial charge in [0.25, 0.3) is 12.9 Å². The number of aromatic hydroxyl groups is 1. The minimum absolute atomic E-state index is 0.246. The predicted molar refractivity (Wildman–Crippen MR) is 156 cm³/mol. The van der Waals surface area contributed by atoms with E-state index in [1.165, 1.54) is 24.9 Å². The molecule has 0 amide bonds. The summed E-state index contributed by atoms with van der Waals surface area (Å²) in [6, 6.07) is 5.53. The molecule has 2 aliphatic heterocycles. The first kappa shape index (κ1) is 30.2. The van der Waals surface area contributed by atoms with E-state index >= 15 is 0 Å². The molecule has 0 spiro atoms. The fraction of sp³-hybridized carbons (Fsp3) is 0.448. The molecule has 3 N–H and O–H groups in total. The fourth-order valence-electron chi connectivity index (χ4n) is 5.64. The second-order valence-corrected chi connectivity index (χ2v) is 10.8. The molecule has 0 radical (unpaired) electrons. The summed E-state index contributed by atoms with van der Waals surface area (Å²) >= 11 is 0. The number of carbonyl (C=O) groups is 2. The van der Waals surface area contributed by atoms with Crippen LogP contribution in [-0.4, -0.2) is 86.0 Å². The van der Waals surface area contributed by atoms with E-state index in [0.717, 1.165) is 38.5 Å². The Kier molecular flexibility index (Phi) is 9.02. The number of nitrogens with zero attached hydrogens (tertiary/aromatic N) is 6. The van der Waals surface area contributed by atoms with Crippen LogP contribution in [0.2, 0.25) is 0 Å². The molecule has 3 aromatic heterocycles. The van der Waals surface area contributed by atoms with Crippen molar-refractivity contribution in [3.8, 4) is 5.75 Å². The van der Waals surface area contributed by atoms with Crippen molar-refractivity contribution in [2.45, 2.75) is 57.1 Å². The summed E-state index contributed by atoms with van der Waals surface area (Å²) in [5, 5.41) is 20.0. The number of likely N-dealkylation sites (tertiary alicyclic amines) is 1. The van der Waals surface area contributed by atoms with Crippen LogP contribution in [0.1, 0.15) is 50.0 Å². The van der Waals surface area contributed by atoms with Crippen molar-refractivity contribution in [3.05, 3.63) is 47.9 Å². The lowest BCUT2D eigenvalue weighted by molar-refractivity contribution is -0.151. The minimum atomic E-state index is -1.11. The number of benzene rings is 1. The Labute approximate surface area is 256 Å². The van der Waals surface area contributed by atoms with Gasteiger partial charge in [0.1, 0.15) is 0 Å². The molecule has 0 aliphatic carbocycles. The monoisotopic (exact) mass is 624 g/mol. The van der Waals surface area contributed by atoms with E-state index in [1.54, 1.807) is 10.6 Å². The number of halogens is 1. The maximum atomic E-state index is 14.2. The van der Waals surface area contributed by atoms with Crippen molar-refractivity contribution in [2.24, 2.45) is 0 Å². The van der Waals surface area contributed by atoms with Gasteiger partial charge in [0.05, 0.1) is 12.0 Å². The van der Waals surface area contributed by atoms with Crippen LogP contribution in [0.25, 0.3) is 11.2 Å². The first-order valence-electron chi connectivity index (χ1n) is 14.7. The van der Waals surface area contributed by atoms with Gasteiger partial charge in [-0.2, -0.15) is 9.97 Å². The van der Waals surface area contributed by atoms with Gasteiger partial charge in [0, 0.05) is 30.9 Å². The maximum Gasteiger partial charge on any atom is 0.293 e.